The molecular weight excluding hydrogens is 282 g/mol. The second kappa shape index (κ2) is 5.05. The molecule has 110 valence electrons. The predicted octanol–water partition coefficient (Wildman–Crippen LogP) is 0.608. The molecular formula is C15H13N5O2. The molecule has 7 nitrogen and oxygen atoms in total. The lowest BCUT2D eigenvalue weighted by Gasteiger charge is -2.39. The summed E-state index contributed by atoms with van der Waals surface area (Å²) in [4.78, 5) is 25.4. The Morgan fingerprint density at radius 2 is 1.86 bits per heavy atom. The molecule has 2 saturated heterocycles. The maximum Gasteiger partial charge on any atom is 0.322 e. The van der Waals surface area contributed by atoms with Gasteiger partial charge in [0.25, 0.3) is 5.91 Å². The Balaban J connectivity index is 2.01. The summed E-state index contributed by atoms with van der Waals surface area (Å²) in [5.74, 6) is -0.352. The van der Waals surface area contributed by atoms with Crippen LogP contribution < -0.4 is 15.5 Å². The van der Waals surface area contributed by atoms with Crippen LogP contribution in [-0.2, 0) is 4.79 Å². The molecule has 2 aliphatic heterocycles. The van der Waals surface area contributed by atoms with Crippen LogP contribution in [-0.4, -0.2) is 30.6 Å². The van der Waals surface area contributed by atoms with E-state index in [0.717, 1.165) is 0 Å². The third kappa shape index (κ3) is 2.04. The van der Waals surface area contributed by atoms with Crippen LogP contribution in [0.1, 0.15) is 24.0 Å². The van der Waals surface area contributed by atoms with Gasteiger partial charge in [-0.1, -0.05) is 6.07 Å². The monoisotopic (exact) mass is 295 g/mol. The summed E-state index contributed by atoms with van der Waals surface area (Å²) in [6, 6.07) is 8.62. The number of imide groups is 1. The summed E-state index contributed by atoms with van der Waals surface area (Å²) in [5.41, 5.74) is 0.326. The normalized spacial score (nSPS) is 23.6. The largest absolute Gasteiger partial charge is 0.366 e. The first-order chi connectivity index (χ1) is 10.6. The Labute approximate surface area is 127 Å². The van der Waals surface area contributed by atoms with Crippen molar-refractivity contribution in [3.05, 3.63) is 29.3 Å². The van der Waals surface area contributed by atoms with E-state index >= 15 is 0 Å². The molecule has 3 amide bonds. The van der Waals surface area contributed by atoms with Gasteiger partial charge in [-0.15, -0.1) is 0 Å². The number of piperidine rings is 1. The van der Waals surface area contributed by atoms with Gasteiger partial charge in [0.1, 0.15) is 17.7 Å². The zero-order valence-electron chi connectivity index (χ0n) is 11.7. The highest BCUT2D eigenvalue weighted by molar-refractivity contribution is 6.07. The number of hydrogen-bond acceptors (Lipinski definition) is 5. The molecule has 2 fully saturated rings. The second-order valence-corrected chi connectivity index (χ2v) is 5.44. The van der Waals surface area contributed by atoms with E-state index in [9.17, 15) is 20.1 Å². The van der Waals surface area contributed by atoms with Gasteiger partial charge in [-0.25, -0.2) is 4.79 Å². The van der Waals surface area contributed by atoms with E-state index in [2.05, 4.69) is 22.8 Å². The number of nitrogens with zero attached hydrogens (tertiary/aromatic N) is 3. The molecule has 22 heavy (non-hydrogen) atoms. The molecule has 1 unspecified atom stereocenters. The molecule has 1 aromatic carbocycles. The van der Waals surface area contributed by atoms with Crippen molar-refractivity contribution in [2.75, 3.05) is 18.0 Å². The van der Waals surface area contributed by atoms with Crippen molar-refractivity contribution in [1.29, 1.82) is 10.5 Å². The number of nitrogens with one attached hydrogen (secondary N) is 2. The van der Waals surface area contributed by atoms with Crippen LogP contribution >= 0.6 is 0 Å². The zero-order valence-corrected chi connectivity index (χ0v) is 11.7. The first-order valence-electron chi connectivity index (χ1n) is 6.91. The Hall–Kier alpha value is -3.06. The van der Waals surface area contributed by atoms with Gasteiger partial charge < -0.3 is 10.2 Å². The van der Waals surface area contributed by atoms with Gasteiger partial charge in [0.15, 0.2) is 0 Å². The molecule has 1 atom stereocenters. The predicted molar refractivity (Wildman–Crippen MR) is 76.7 cm³/mol. The van der Waals surface area contributed by atoms with Crippen molar-refractivity contribution in [3.8, 4) is 12.1 Å². The molecule has 3 rings (SSSR count). The quantitative estimate of drug-likeness (QED) is 0.738. The maximum atomic E-state index is 12.1. The molecule has 2 N–H and O–H groups in total. The maximum absolute atomic E-state index is 12.1. The number of carbonyl (C=O) groups excluding carboxylic acids is 2. The number of para-hydroxylation sites is 1. The number of hydrogen-bond donors (Lipinski definition) is 2. The molecule has 2 heterocycles. The van der Waals surface area contributed by atoms with Crippen molar-refractivity contribution < 1.29 is 9.59 Å². The van der Waals surface area contributed by atoms with Crippen LogP contribution in [0.15, 0.2) is 18.2 Å². The molecule has 0 bridgehead atoms. The fraction of sp³-hybridized carbons (Fsp3) is 0.333. The van der Waals surface area contributed by atoms with Crippen LogP contribution in [0, 0.1) is 22.7 Å². The van der Waals surface area contributed by atoms with Gasteiger partial charge in [0.05, 0.1) is 23.4 Å². The third-order valence-corrected chi connectivity index (χ3v) is 4.10. The van der Waals surface area contributed by atoms with E-state index in [-0.39, 0.29) is 12.5 Å². The standard InChI is InChI=1S/C15H13N5O2/c16-7-10-3-1-4-11(8-17)12(10)20-6-2-5-15(9-20)13(21)18-14(22)19-15/h1,3-4H,2,5-6,9H2,(H2,18,19,21,22). The first-order valence-corrected chi connectivity index (χ1v) is 6.91. The summed E-state index contributed by atoms with van der Waals surface area (Å²) in [6.07, 6.45) is 1.22. The van der Waals surface area contributed by atoms with Crippen LogP contribution in [0.5, 0.6) is 0 Å². The Morgan fingerprint density at radius 3 is 2.41 bits per heavy atom. The Morgan fingerprint density at radius 1 is 1.18 bits per heavy atom. The molecule has 1 spiro atoms. The Kier molecular flexibility index (Phi) is 3.19. The number of rotatable bonds is 1. The molecule has 0 aromatic heterocycles. The Bertz CT molecular complexity index is 713. The van der Waals surface area contributed by atoms with E-state index in [1.54, 1.807) is 18.2 Å². The molecule has 7 heteroatoms. The van der Waals surface area contributed by atoms with Gasteiger partial charge in [-0.05, 0) is 25.0 Å². The van der Waals surface area contributed by atoms with E-state index in [1.165, 1.54) is 0 Å². The zero-order chi connectivity index (χ0) is 15.7. The molecule has 1 aromatic rings. The van der Waals surface area contributed by atoms with Crippen LogP contribution in [0.4, 0.5) is 10.5 Å². The van der Waals surface area contributed by atoms with Gasteiger partial charge in [-0.2, -0.15) is 10.5 Å². The molecule has 0 aliphatic carbocycles. The fourth-order valence-corrected chi connectivity index (χ4v) is 3.13. The van der Waals surface area contributed by atoms with E-state index in [4.69, 9.17) is 0 Å². The summed E-state index contributed by atoms with van der Waals surface area (Å²) in [5, 5.41) is 23.5. The number of carbonyl (C=O) groups is 2. The van der Waals surface area contributed by atoms with Crippen molar-refractivity contribution in [1.82, 2.24) is 10.6 Å². The molecule has 0 saturated carbocycles. The van der Waals surface area contributed by atoms with Crippen molar-refractivity contribution >= 4 is 17.6 Å². The highest BCUT2D eigenvalue weighted by Gasteiger charge is 2.49. The number of urea groups is 1. The first kappa shape index (κ1) is 13.9. The lowest BCUT2D eigenvalue weighted by molar-refractivity contribution is -0.124. The fourth-order valence-electron chi connectivity index (χ4n) is 3.13. The van der Waals surface area contributed by atoms with Crippen LogP contribution in [0.2, 0.25) is 0 Å². The van der Waals surface area contributed by atoms with Crippen molar-refractivity contribution in [3.63, 3.8) is 0 Å². The molecule has 0 radical (unpaired) electrons. The lowest BCUT2D eigenvalue weighted by Crippen LogP contribution is -2.58. The van der Waals surface area contributed by atoms with Gasteiger partial charge in [0, 0.05) is 6.54 Å². The average Bonchev–Trinajstić information content (AvgIpc) is 2.79. The van der Waals surface area contributed by atoms with Crippen LogP contribution in [0.3, 0.4) is 0 Å². The summed E-state index contributed by atoms with van der Waals surface area (Å²) in [7, 11) is 0. The number of amides is 3. The van der Waals surface area contributed by atoms with E-state index in [0.29, 0.717) is 36.2 Å². The number of anilines is 1. The highest BCUT2D eigenvalue weighted by atomic mass is 16.2. The van der Waals surface area contributed by atoms with Crippen molar-refractivity contribution in [2.45, 2.75) is 18.4 Å². The van der Waals surface area contributed by atoms with E-state index < -0.39 is 11.6 Å². The summed E-state index contributed by atoms with van der Waals surface area (Å²) in [6.45, 7) is 0.871. The minimum atomic E-state index is -0.982. The minimum Gasteiger partial charge on any atom is -0.366 e. The van der Waals surface area contributed by atoms with Gasteiger partial charge in [-0.3, -0.25) is 10.1 Å². The SMILES string of the molecule is N#Cc1cccc(C#N)c1N1CCCC2(C1)NC(=O)NC2=O. The van der Waals surface area contributed by atoms with Gasteiger partial charge >= 0.3 is 6.03 Å². The number of nitriles is 2. The summed E-state index contributed by atoms with van der Waals surface area (Å²) < 4.78 is 0. The highest BCUT2D eigenvalue weighted by Crippen LogP contribution is 2.32. The average molecular weight is 295 g/mol. The summed E-state index contributed by atoms with van der Waals surface area (Å²) >= 11 is 0. The van der Waals surface area contributed by atoms with Crippen molar-refractivity contribution in [2.24, 2.45) is 0 Å². The molecule has 2 aliphatic rings. The van der Waals surface area contributed by atoms with Crippen LogP contribution in [0.25, 0.3) is 0 Å². The lowest BCUT2D eigenvalue weighted by atomic mass is 9.88. The minimum absolute atomic E-state index is 0.248. The van der Waals surface area contributed by atoms with E-state index in [1.807, 2.05) is 4.90 Å². The topological polar surface area (TPSA) is 109 Å². The third-order valence-electron chi connectivity index (χ3n) is 4.10. The number of benzene rings is 1. The van der Waals surface area contributed by atoms with Gasteiger partial charge in [0.2, 0.25) is 0 Å². The smallest absolute Gasteiger partial charge is 0.322 e. The second-order valence-electron chi connectivity index (χ2n) is 5.44.